The number of hydrogen-bond donors (Lipinski definition) is 2. The number of carbonyl (C=O) groups is 1. The average molecular weight is 445 g/mol. The Morgan fingerprint density at radius 2 is 1.72 bits per heavy atom. The molecule has 2 aromatic rings. The van der Waals surface area contributed by atoms with Gasteiger partial charge in [-0.1, -0.05) is 0 Å². The molecule has 174 valence electrons. The fourth-order valence-electron chi connectivity index (χ4n) is 3.55. The van der Waals surface area contributed by atoms with Crippen molar-refractivity contribution in [1.29, 1.82) is 0 Å². The van der Waals surface area contributed by atoms with Crippen LogP contribution in [0.15, 0.2) is 30.3 Å². The van der Waals surface area contributed by atoms with Gasteiger partial charge in [0.25, 0.3) is 0 Å². The Morgan fingerprint density at radius 1 is 1.03 bits per heavy atom. The number of rotatable bonds is 10. The number of hydrogen-bond acceptors (Lipinski definition) is 6. The van der Waals surface area contributed by atoms with Gasteiger partial charge in [0.05, 0.1) is 33.0 Å². The van der Waals surface area contributed by atoms with Gasteiger partial charge in [0.1, 0.15) is 18.1 Å². The Hall–Kier alpha value is -3.29. The monoisotopic (exact) mass is 444 g/mol. The van der Waals surface area contributed by atoms with E-state index in [1.54, 1.807) is 7.11 Å². The minimum Gasteiger partial charge on any atom is -0.497 e. The lowest BCUT2D eigenvalue weighted by atomic mass is 10.0. The van der Waals surface area contributed by atoms with Gasteiger partial charge in [0.2, 0.25) is 5.75 Å². The van der Waals surface area contributed by atoms with Gasteiger partial charge in [-0.3, -0.25) is 0 Å². The van der Waals surface area contributed by atoms with Crippen LogP contribution in [-0.4, -0.2) is 45.6 Å². The number of amides is 2. The summed E-state index contributed by atoms with van der Waals surface area (Å²) in [6.07, 6.45) is 0.673. The number of urea groups is 1. The van der Waals surface area contributed by atoms with Crippen molar-refractivity contribution in [2.75, 3.05) is 33.5 Å². The Bertz CT molecular complexity index is 890. The maximum Gasteiger partial charge on any atom is 0.315 e. The van der Waals surface area contributed by atoms with Gasteiger partial charge in [-0.15, -0.1) is 0 Å². The van der Waals surface area contributed by atoms with E-state index in [1.807, 2.05) is 51.1 Å². The van der Waals surface area contributed by atoms with Crippen LogP contribution in [0.4, 0.5) is 4.79 Å². The predicted molar refractivity (Wildman–Crippen MR) is 121 cm³/mol. The minimum absolute atomic E-state index is 0.132. The molecule has 0 spiro atoms. The van der Waals surface area contributed by atoms with Crippen LogP contribution >= 0.6 is 0 Å². The summed E-state index contributed by atoms with van der Waals surface area (Å²) in [5.74, 6) is 3.37. The highest BCUT2D eigenvalue weighted by atomic mass is 16.5. The van der Waals surface area contributed by atoms with E-state index >= 15 is 0 Å². The molecule has 8 heteroatoms. The average Bonchev–Trinajstić information content (AvgIpc) is 2.79. The first-order valence-corrected chi connectivity index (χ1v) is 11.0. The zero-order valence-corrected chi connectivity index (χ0v) is 19.2. The summed E-state index contributed by atoms with van der Waals surface area (Å²) < 4.78 is 28.3. The smallest absolute Gasteiger partial charge is 0.315 e. The number of ether oxygens (including phenoxy) is 5. The van der Waals surface area contributed by atoms with Crippen molar-refractivity contribution in [2.24, 2.45) is 0 Å². The van der Waals surface area contributed by atoms with Gasteiger partial charge in [0, 0.05) is 6.54 Å². The van der Waals surface area contributed by atoms with Crippen molar-refractivity contribution in [3.63, 3.8) is 0 Å². The molecule has 8 nitrogen and oxygen atoms in total. The third kappa shape index (κ3) is 5.90. The molecular weight excluding hydrogens is 412 g/mol. The summed E-state index contributed by atoms with van der Waals surface area (Å²) in [5, 5.41) is 5.88. The van der Waals surface area contributed by atoms with E-state index in [9.17, 15) is 4.79 Å². The zero-order chi connectivity index (χ0) is 22.9. The second-order valence-electron chi connectivity index (χ2n) is 7.23. The highest BCUT2D eigenvalue weighted by Gasteiger charge is 2.22. The quantitative estimate of drug-likeness (QED) is 0.581. The molecule has 2 N–H and O–H groups in total. The minimum atomic E-state index is -0.269. The SMILES string of the molecule is CCOc1cc(CNC(=O)NC2COc3ccc(OC)cc3C2)cc(OCC)c1OCC. The molecule has 0 bridgehead atoms. The van der Waals surface area contributed by atoms with Gasteiger partial charge in [-0.05, 0) is 68.7 Å². The molecule has 2 amide bonds. The summed E-state index contributed by atoms with van der Waals surface area (Å²) in [4.78, 5) is 12.5. The molecule has 3 rings (SSSR count). The molecule has 0 saturated heterocycles. The van der Waals surface area contributed by atoms with Crippen molar-refractivity contribution < 1.29 is 28.5 Å². The third-order valence-electron chi connectivity index (χ3n) is 4.93. The second kappa shape index (κ2) is 11.4. The van der Waals surface area contributed by atoms with Crippen LogP contribution < -0.4 is 34.3 Å². The Kier molecular flexibility index (Phi) is 8.30. The Morgan fingerprint density at radius 3 is 2.34 bits per heavy atom. The molecule has 1 unspecified atom stereocenters. The van der Waals surface area contributed by atoms with Crippen molar-refractivity contribution in [3.8, 4) is 28.7 Å². The summed E-state index contributed by atoms with van der Waals surface area (Å²) in [5.41, 5.74) is 1.86. The van der Waals surface area contributed by atoms with Crippen LogP contribution in [0.5, 0.6) is 28.7 Å². The highest BCUT2D eigenvalue weighted by molar-refractivity contribution is 5.74. The van der Waals surface area contributed by atoms with Crippen molar-refractivity contribution >= 4 is 6.03 Å². The van der Waals surface area contributed by atoms with E-state index in [0.717, 1.165) is 22.6 Å². The number of nitrogens with one attached hydrogen (secondary N) is 2. The first-order chi connectivity index (χ1) is 15.6. The maximum atomic E-state index is 12.5. The topological polar surface area (TPSA) is 87.3 Å². The van der Waals surface area contributed by atoms with E-state index < -0.39 is 0 Å². The molecule has 0 aromatic heterocycles. The fraction of sp³-hybridized carbons (Fsp3) is 0.458. The summed E-state index contributed by atoms with van der Waals surface area (Å²) in [7, 11) is 1.63. The number of fused-ring (bicyclic) bond motifs is 1. The van der Waals surface area contributed by atoms with E-state index in [2.05, 4.69) is 10.6 Å². The van der Waals surface area contributed by atoms with Crippen LogP contribution in [0.25, 0.3) is 0 Å². The molecule has 0 fully saturated rings. The number of methoxy groups -OCH3 is 1. The molecule has 1 atom stereocenters. The molecule has 1 aliphatic heterocycles. The van der Waals surface area contributed by atoms with Gasteiger partial charge in [-0.25, -0.2) is 4.79 Å². The fourth-order valence-corrected chi connectivity index (χ4v) is 3.55. The van der Waals surface area contributed by atoms with Gasteiger partial charge in [0.15, 0.2) is 11.5 Å². The number of carbonyl (C=O) groups excluding carboxylic acids is 1. The lowest BCUT2D eigenvalue weighted by molar-refractivity contribution is 0.214. The Labute approximate surface area is 189 Å². The van der Waals surface area contributed by atoms with Gasteiger partial charge in [-0.2, -0.15) is 0 Å². The molecule has 2 aromatic carbocycles. The van der Waals surface area contributed by atoms with Crippen LogP contribution in [0, 0.1) is 0 Å². The summed E-state index contributed by atoms with van der Waals surface area (Å²) >= 11 is 0. The molecular formula is C24H32N2O6. The summed E-state index contributed by atoms with van der Waals surface area (Å²) in [6.45, 7) is 7.96. The highest BCUT2D eigenvalue weighted by Crippen LogP contribution is 2.39. The van der Waals surface area contributed by atoms with Gasteiger partial charge < -0.3 is 34.3 Å². The molecule has 0 radical (unpaired) electrons. The van der Waals surface area contributed by atoms with Gasteiger partial charge >= 0.3 is 6.03 Å². The predicted octanol–water partition coefficient (Wildman–Crippen LogP) is 3.69. The number of benzene rings is 2. The van der Waals surface area contributed by atoms with Crippen LogP contribution in [0.2, 0.25) is 0 Å². The maximum absolute atomic E-state index is 12.5. The first kappa shape index (κ1) is 23.4. The normalized spacial score (nSPS) is 14.6. The second-order valence-corrected chi connectivity index (χ2v) is 7.23. The third-order valence-corrected chi connectivity index (χ3v) is 4.93. The lowest BCUT2D eigenvalue weighted by Crippen LogP contribution is -2.47. The molecule has 1 heterocycles. The molecule has 0 saturated carbocycles. The largest absolute Gasteiger partial charge is 0.497 e. The van der Waals surface area contributed by atoms with Crippen LogP contribution in [-0.2, 0) is 13.0 Å². The van der Waals surface area contributed by atoms with Crippen molar-refractivity contribution in [3.05, 3.63) is 41.5 Å². The zero-order valence-electron chi connectivity index (χ0n) is 19.2. The lowest BCUT2D eigenvalue weighted by Gasteiger charge is -2.26. The Balaban J connectivity index is 1.62. The molecule has 32 heavy (non-hydrogen) atoms. The van der Waals surface area contributed by atoms with E-state index in [-0.39, 0.29) is 12.1 Å². The van der Waals surface area contributed by atoms with E-state index in [4.69, 9.17) is 23.7 Å². The van der Waals surface area contributed by atoms with Crippen LogP contribution in [0.1, 0.15) is 31.9 Å². The molecule has 0 aliphatic carbocycles. The van der Waals surface area contributed by atoms with Crippen molar-refractivity contribution in [1.82, 2.24) is 10.6 Å². The summed E-state index contributed by atoms with van der Waals surface area (Å²) in [6, 6.07) is 9.02. The standard InChI is InChI=1S/C24H32N2O6/c1-5-29-21-10-16(11-22(30-6-2)23(21)31-7-3)14-25-24(27)26-18-12-17-13-19(28-4)8-9-20(17)32-15-18/h8-11,13,18H,5-7,12,14-15H2,1-4H3,(H2,25,26,27). The van der Waals surface area contributed by atoms with Crippen LogP contribution in [0.3, 0.4) is 0 Å². The molecule has 1 aliphatic rings. The van der Waals surface area contributed by atoms with E-state index in [1.165, 1.54) is 0 Å². The van der Waals surface area contributed by atoms with E-state index in [0.29, 0.717) is 56.6 Å². The van der Waals surface area contributed by atoms with Crippen molar-refractivity contribution in [2.45, 2.75) is 39.8 Å². The first-order valence-electron chi connectivity index (χ1n) is 11.0.